The molecule has 0 radical (unpaired) electrons. The molecule has 2 aromatic rings. The van der Waals surface area contributed by atoms with Crippen molar-refractivity contribution in [2.45, 2.75) is 12.8 Å². The summed E-state index contributed by atoms with van der Waals surface area (Å²) >= 11 is 0. The van der Waals surface area contributed by atoms with Crippen LogP contribution in [0.3, 0.4) is 0 Å². The third kappa shape index (κ3) is 2.00. The molecule has 3 heterocycles. The zero-order valence-electron chi connectivity index (χ0n) is 9.93. The summed E-state index contributed by atoms with van der Waals surface area (Å²) in [6, 6.07) is 3.90. The average molecular weight is 232 g/mol. The van der Waals surface area contributed by atoms with Gasteiger partial charge in [-0.05, 0) is 30.9 Å². The lowest BCUT2D eigenvalue weighted by molar-refractivity contribution is 0.185. The van der Waals surface area contributed by atoms with E-state index in [2.05, 4.69) is 11.2 Å². The van der Waals surface area contributed by atoms with E-state index in [0.29, 0.717) is 5.92 Å². The Morgan fingerprint density at radius 1 is 1.59 bits per heavy atom. The van der Waals surface area contributed by atoms with Crippen molar-refractivity contribution >= 4 is 5.65 Å². The fourth-order valence-corrected chi connectivity index (χ4v) is 2.34. The summed E-state index contributed by atoms with van der Waals surface area (Å²) in [7, 11) is 1.68. The predicted octanol–water partition coefficient (Wildman–Crippen LogP) is 1.92. The van der Waals surface area contributed by atoms with Crippen molar-refractivity contribution in [3.05, 3.63) is 30.2 Å². The maximum atomic E-state index is 5.39. The Morgan fingerprint density at radius 2 is 2.53 bits per heavy atom. The van der Waals surface area contributed by atoms with Crippen LogP contribution < -0.4 is 4.74 Å². The third-order valence-corrected chi connectivity index (χ3v) is 3.24. The molecular formula is C13H16N2O2. The smallest absolute Gasteiger partial charge is 0.179 e. The fourth-order valence-electron chi connectivity index (χ4n) is 2.34. The van der Waals surface area contributed by atoms with Gasteiger partial charge in [-0.3, -0.25) is 0 Å². The first-order valence-corrected chi connectivity index (χ1v) is 5.95. The van der Waals surface area contributed by atoms with Gasteiger partial charge in [-0.1, -0.05) is 0 Å². The number of hydrogen-bond acceptors (Lipinski definition) is 3. The van der Waals surface area contributed by atoms with E-state index in [1.54, 1.807) is 7.11 Å². The van der Waals surface area contributed by atoms with Gasteiger partial charge in [-0.2, -0.15) is 0 Å². The molecule has 1 aliphatic rings. The maximum Gasteiger partial charge on any atom is 0.179 e. The van der Waals surface area contributed by atoms with Crippen LogP contribution in [0.5, 0.6) is 5.75 Å². The number of rotatable bonds is 3. The van der Waals surface area contributed by atoms with Gasteiger partial charge in [0.2, 0.25) is 0 Å². The summed E-state index contributed by atoms with van der Waals surface area (Å²) < 4.78 is 12.7. The van der Waals surface area contributed by atoms with Crippen molar-refractivity contribution in [3.63, 3.8) is 0 Å². The van der Waals surface area contributed by atoms with Gasteiger partial charge in [0.15, 0.2) is 11.4 Å². The highest BCUT2D eigenvalue weighted by Gasteiger charge is 2.18. The Morgan fingerprint density at radius 3 is 3.29 bits per heavy atom. The Hall–Kier alpha value is -1.55. The molecule has 0 saturated carbocycles. The van der Waals surface area contributed by atoms with Crippen LogP contribution in [0.2, 0.25) is 0 Å². The van der Waals surface area contributed by atoms with E-state index in [0.717, 1.165) is 43.1 Å². The Balaban J connectivity index is 1.90. The quantitative estimate of drug-likeness (QED) is 0.811. The van der Waals surface area contributed by atoms with Crippen molar-refractivity contribution in [3.8, 4) is 5.75 Å². The highest BCUT2D eigenvalue weighted by Crippen LogP contribution is 2.22. The van der Waals surface area contributed by atoms with E-state index in [9.17, 15) is 0 Å². The molecule has 0 aromatic carbocycles. The molecule has 1 fully saturated rings. The first-order valence-electron chi connectivity index (χ1n) is 5.95. The number of hydrogen-bond donors (Lipinski definition) is 0. The van der Waals surface area contributed by atoms with Gasteiger partial charge in [0.1, 0.15) is 0 Å². The van der Waals surface area contributed by atoms with E-state index in [-0.39, 0.29) is 0 Å². The Bertz CT molecular complexity index is 515. The highest BCUT2D eigenvalue weighted by atomic mass is 16.5. The minimum Gasteiger partial charge on any atom is -0.493 e. The molecule has 0 aliphatic carbocycles. The molecule has 4 nitrogen and oxygen atoms in total. The second kappa shape index (κ2) is 4.37. The molecule has 90 valence electrons. The zero-order chi connectivity index (χ0) is 11.7. The van der Waals surface area contributed by atoms with Crippen LogP contribution in [-0.2, 0) is 11.2 Å². The lowest BCUT2D eigenvalue weighted by Crippen LogP contribution is -2.03. The van der Waals surface area contributed by atoms with Crippen molar-refractivity contribution in [2.75, 3.05) is 20.3 Å². The molecule has 0 N–H and O–H groups in total. The summed E-state index contributed by atoms with van der Waals surface area (Å²) in [5, 5.41) is 0. The summed E-state index contributed by atoms with van der Waals surface area (Å²) in [5.41, 5.74) is 2.01. The molecule has 3 rings (SSSR count). The molecule has 1 atom stereocenters. The summed E-state index contributed by atoms with van der Waals surface area (Å²) in [4.78, 5) is 4.63. The van der Waals surface area contributed by atoms with Gasteiger partial charge in [-0.15, -0.1) is 0 Å². The minimum atomic E-state index is 0.617. The maximum absolute atomic E-state index is 5.39. The standard InChI is InChI=1S/C13H16N2O2/c1-16-12-3-2-5-15-8-11(14-13(12)15)7-10-4-6-17-9-10/h2-3,5,8,10H,4,6-7,9H2,1H3. The Kier molecular flexibility index (Phi) is 2.73. The minimum absolute atomic E-state index is 0.617. The van der Waals surface area contributed by atoms with Gasteiger partial charge >= 0.3 is 0 Å². The van der Waals surface area contributed by atoms with E-state index >= 15 is 0 Å². The molecule has 0 spiro atoms. The van der Waals surface area contributed by atoms with E-state index in [4.69, 9.17) is 9.47 Å². The first-order chi connectivity index (χ1) is 8.36. The van der Waals surface area contributed by atoms with E-state index in [1.807, 2.05) is 22.7 Å². The molecule has 4 heteroatoms. The molecule has 1 saturated heterocycles. The largest absolute Gasteiger partial charge is 0.493 e. The van der Waals surface area contributed by atoms with Gasteiger partial charge < -0.3 is 13.9 Å². The molecule has 1 aliphatic heterocycles. The Labute approximate surface area is 100 Å². The number of pyridine rings is 1. The van der Waals surface area contributed by atoms with Crippen LogP contribution in [0.15, 0.2) is 24.5 Å². The van der Waals surface area contributed by atoms with Crippen LogP contribution in [0.25, 0.3) is 5.65 Å². The first kappa shape index (κ1) is 10.6. The number of methoxy groups -OCH3 is 1. The lowest BCUT2D eigenvalue weighted by Gasteiger charge is -2.02. The average Bonchev–Trinajstić information content (AvgIpc) is 2.97. The molecular weight excluding hydrogens is 216 g/mol. The lowest BCUT2D eigenvalue weighted by atomic mass is 10.0. The van der Waals surface area contributed by atoms with Gasteiger partial charge in [0.05, 0.1) is 12.8 Å². The van der Waals surface area contributed by atoms with Crippen LogP contribution in [0, 0.1) is 5.92 Å². The summed E-state index contributed by atoms with van der Waals surface area (Å²) in [5.74, 6) is 1.44. The number of ether oxygens (including phenoxy) is 2. The molecule has 17 heavy (non-hydrogen) atoms. The van der Waals surface area contributed by atoms with Gasteiger partial charge in [-0.25, -0.2) is 4.98 Å². The van der Waals surface area contributed by atoms with Crippen molar-refractivity contribution in [2.24, 2.45) is 5.92 Å². The number of fused-ring (bicyclic) bond motifs is 1. The van der Waals surface area contributed by atoms with E-state index < -0.39 is 0 Å². The topological polar surface area (TPSA) is 35.8 Å². The second-order valence-corrected chi connectivity index (χ2v) is 4.47. The number of nitrogens with zero attached hydrogens (tertiary/aromatic N) is 2. The van der Waals surface area contributed by atoms with Crippen molar-refractivity contribution < 1.29 is 9.47 Å². The van der Waals surface area contributed by atoms with E-state index in [1.165, 1.54) is 0 Å². The van der Waals surface area contributed by atoms with Crippen LogP contribution in [0.1, 0.15) is 12.1 Å². The van der Waals surface area contributed by atoms with Crippen LogP contribution in [-0.4, -0.2) is 29.7 Å². The summed E-state index contributed by atoms with van der Waals surface area (Å²) in [6.07, 6.45) is 6.21. The predicted molar refractivity (Wildman–Crippen MR) is 64.4 cm³/mol. The number of imidazole rings is 1. The number of aromatic nitrogens is 2. The second-order valence-electron chi connectivity index (χ2n) is 4.47. The summed E-state index contributed by atoms with van der Waals surface area (Å²) in [6.45, 7) is 1.76. The van der Waals surface area contributed by atoms with Crippen molar-refractivity contribution in [1.82, 2.24) is 9.38 Å². The van der Waals surface area contributed by atoms with Crippen LogP contribution in [0.4, 0.5) is 0 Å². The zero-order valence-corrected chi connectivity index (χ0v) is 9.93. The van der Waals surface area contributed by atoms with Crippen LogP contribution >= 0.6 is 0 Å². The third-order valence-electron chi connectivity index (χ3n) is 3.24. The highest BCUT2D eigenvalue weighted by molar-refractivity contribution is 5.54. The molecule has 1 unspecified atom stereocenters. The molecule has 2 aromatic heterocycles. The van der Waals surface area contributed by atoms with Gasteiger partial charge in [0, 0.05) is 25.6 Å². The monoisotopic (exact) mass is 232 g/mol. The molecule has 0 amide bonds. The normalized spacial score (nSPS) is 19.9. The fraction of sp³-hybridized carbons (Fsp3) is 0.462. The molecule has 0 bridgehead atoms. The SMILES string of the molecule is COc1cccn2cc(CC3CCOC3)nc12. The van der Waals surface area contributed by atoms with Gasteiger partial charge in [0.25, 0.3) is 0 Å². The van der Waals surface area contributed by atoms with Crippen molar-refractivity contribution in [1.29, 1.82) is 0 Å².